The van der Waals surface area contributed by atoms with Crippen LogP contribution in [0.15, 0.2) is 48.5 Å². The first kappa shape index (κ1) is 18.9. The van der Waals surface area contributed by atoms with Gasteiger partial charge in [0.2, 0.25) is 6.29 Å². The number of benzene rings is 2. The third kappa shape index (κ3) is 4.43. The first-order valence-electron chi connectivity index (χ1n) is 8.94. The fourth-order valence-corrected chi connectivity index (χ4v) is 2.96. The van der Waals surface area contributed by atoms with Crippen molar-refractivity contribution >= 4 is 0 Å². The lowest BCUT2D eigenvalue weighted by molar-refractivity contribution is -0.242. The number of aliphatic hydroxyl groups is 3. The molecule has 0 unspecified atom stereocenters. The smallest absolute Gasteiger partial charge is 0.228 e. The Morgan fingerprint density at radius 1 is 0.923 bits per heavy atom. The van der Waals surface area contributed by atoms with Crippen LogP contribution in [0.5, 0.6) is 5.75 Å². The number of rotatable bonds is 5. The highest BCUT2D eigenvalue weighted by Crippen LogP contribution is 2.22. The average molecular weight is 358 g/mol. The van der Waals surface area contributed by atoms with Crippen molar-refractivity contribution in [2.45, 2.75) is 50.8 Å². The van der Waals surface area contributed by atoms with Crippen molar-refractivity contribution in [1.29, 1.82) is 0 Å². The molecule has 1 aliphatic heterocycles. The van der Waals surface area contributed by atoms with Crippen molar-refractivity contribution in [3.63, 3.8) is 0 Å². The van der Waals surface area contributed by atoms with Crippen LogP contribution in [0.2, 0.25) is 0 Å². The molecule has 4 atom stereocenters. The monoisotopic (exact) mass is 358 g/mol. The van der Waals surface area contributed by atoms with Gasteiger partial charge in [-0.15, -0.1) is 0 Å². The van der Waals surface area contributed by atoms with Crippen LogP contribution in [0.1, 0.15) is 36.5 Å². The van der Waals surface area contributed by atoms with Crippen molar-refractivity contribution in [2.24, 2.45) is 0 Å². The fraction of sp³-hybridized carbons (Fsp3) is 0.429. The minimum absolute atomic E-state index is 0.0760. The highest BCUT2D eigenvalue weighted by atomic mass is 16.7. The summed E-state index contributed by atoms with van der Waals surface area (Å²) >= 11 is 0. The Balaban J connectivity index is 1.60. The van der Waals surface area contributed by atoms with E-state index < -0.39 is 24.6 Å². The number of hydrogen-bond donors (Lipinski definition) is 3. The SMILES string of the molecule is CC(C)c1ccc(Cc2ccc(O[C@H]3OC[C@@H](O)[C@H](O)[C@H]3O)cc2)cc1. The van der Waals surface area contributed by atoms with Crippen LogP contribution in [-0.2, 0) is 11.2 Å². The molecule has 1 fully saturated rings. The summed E-state index contributed by atoms with van der Waals surface area (Å²) in [6.07, 6.45) is -3.84. The standard InChI is InChI=1S/C21H26O5/c1-13(2)16-7-3-14(4-8-16)11-15-5-9-17(10-6-15)26-21-20(24)19(23)18(22)12-25-21/h3-10,13,18-24H,11-12H2,1-2H3/t18-,19+,20-,21-/m1/s1. The summed E-state index contributed by atoms with van der Waals surface area (Å²) in [7, 11) is 0. The molecule has 5 nitrogen and oxygen atoms in total. The zero-order valence-electron chi connectivity index (χ0n) is 15.1. The van der Waals surface area contributed by atoms with Crippen LogP contribution in [-0.4, -0.2) is 46.5 Å². The molecule has 0 aromatic heterocycles. The average Bonchev–Trinajstić information content (AvgIpc) is 2.64. The molecule has 140 valence electrons. The van der Waals surface area contributed by atoms with Gasteiger partial charge in [-0.1, -0.05) is 50.2 Å². The molecule has 3 rings (SSSR count). The third-order valence-corrected chi connectivity index (χ3v) is 4.68. The van der Waals surface area contributed by atoms with Gasteiger partial charge in [0.1, 0.15) is 24.1 Å². The van der Waals surface area contributed by atoms with Crippen molar-refractivity contribution in [2.75, 3.05) is 6.61 Å². The molecule has 0 amide bonds. The van der Waals surface area contributed by atoms with E-state index in [4.69, 9.17) is 9.47 Å². The molecular weight excluding hydrogens is 332 g/mol. The maximum absolute atomic E-state index is 9.92. The van der Waals surface area contributed by atoms with E-state index in [1.54, 1.807) is 0 Å². The van der Waals surface area contributed by atoms with Gasteiger partial charge in [-0.25, -0.2) is 0 Å². The summed E-state index contributed by atoms with van der Waals surface area (Å²) in [6.45, 7) is 4.29. The van der Waals surface area contributed by atoms with Gasteiger partial charge in [-0.2, -0.15) is 0 Å². The van der Waals surface area contributed by atoms with Crippen LogP contribution in [0.4, 0.5) is 0 Å². The third-order valence-electron chi connectivity index (χ3n) is 4.68. The molecule has 2 aromatic rings. The molecular formula is C21H26O5. The van der Waals surface area contributed by atoms with Gasteiger partial charge in [-0.05, 0) is 41.2 Å². The largest absolute Gasteiger partial charge is 0.462 e. The second-order valence-electron chi connectivity index (χ2n) is 7.09. The molecule has 1 heterocycles. The maximum Gasteiger partial charge on any atom is 0.228 e. The highest BCUT2D eigenvalue weighted by Gasteiger charge is 2.38. The quantitative estimate of drug-likeness (QED) is 0.764. The maximum atomic E-state index is 9.92. The van der Waals surface area contributed by atoms with Crippen LogP contribution in [0.3, 0.4) is 0 Å². The van der Waals surface area contributed by atoms with E-state index in [1.807, 2.05) is 24.3 Å². The Bertz CT molecular complexity index is 695. The normalized spacial score (nSPS) is 26.1. The van der Waals surface area contributed by atoms with E-state index in [0.29, 0.717) is 11.7 Å². The van der Waals surface area contributed by atoms with E-state index in [2.05, 4.69) is 38.1 Å². The van der Waals surface area contributed by atoms with Gasteiger partial charge in [-0.3, -0.25) is 0 Å². The van der Waals surface area contributed by atoms with Gasteiger partial charge in [0, 0.05) is 0 Å². The van der Waals surface area contributed by atoms with Crippen LogP contribution in [0.25, 0.3) is 0 Å². The van der Waals surface area contributed by atoms with Crippen molar-refractivity contribution < 1.29 is 24.8 Å². The molecule has 0 bridgehead atoms. The van der Waals surface area contributed by atoms with E-state index >= 15 is 0 Å². The topological polar surface area (TPSA) is 79.2 Å². The molecule has 0 aliphatic carbocycles. The molecule has 3 N–H and O–H groups in total. The molecule has 2 aromatic carbocycles. The first-order valence-corrected chi connectivity index (χ1v) is 8.94. The Morgan fingerprint density at radius 2 is 1.50 bits per heavy atom. The molecule has 0 radical (unpaired) electrons. The molecule has 26 heavy (non-hydrogen) atoms. The summed E-state index contributed by atoms with van der Waals surface area (Å²) in [5.41, 5.74) is 3.72. The van der Waals surface area contributed by atoms with Crippen molar-refractivity contribution in [3.05, 3.63) is 65.2 Å². The Kier molecular flexibility index (Phi) is 5.94. The van der Waals surface area contributed by atoms with E-state index in [-0.39, 0.29) is 6.61 Å². The number of aliphatic hydroxyl groups excluding tert-OH is 3. The minimum atomic E-state index is -1.29. The van der Waals surface area contributed by atoms with Gasteiger partial charge >= 0.3 is 0 Å². The van der Waals surface area contributed by atoms with Crippen LogP contribution >= 0.6 is 0 Å². The predicted octanol–water partition coefficient (Wildman–Crippen LogP) is 2.22. The lowest BCUT2D eigenvalue weighted by Gasteiger charge is -2.34. The van der Waals surface area contributed by atoms with Crippen molar-refractivity contribution in [1.82, 2.24) is 0 Å². The first-order chi connectivity index (χ1) is 12.4. The number of hydrogen-bond acceptors (Lipinski definition) is 5. The lowest BCUT2D eigenvalue weighted by Crippen LogP contribution is -2.54. The van der Waals surface area contributed by atoms with Crippen LogP contribution in [0, 0.1) is 0 Å². The fourth-order valence-electron chi connectivity index (χ4n) is 2.96. The van der Waals surface area contributed by atoms with E-state index in [9.17, 15) is 15.3 Å². The zero-order chi connectivity index (χ0) is 18.7. The summed E-state index contributed by atoms with van der Waals surface area (Å²) in [4.78, 5) is 0. The van der Waals surface area contributed by atoms with Gasteiger partial charge < -0.3 is 24.8 Å². The number of ether oxygens (including phenoxy) is 2. The molecule has 1 saturated heterocycles. The van der Waals surface area contributed by atoms with Crippen molar-refractivity contribution in [3.8, 4) is 5.75 Å². The molecule has 5 heteroatoms. The minimum Gasteiger partial charge on any atom is -0.462 e. The van der Waals surface area contributed by atoms with Gasteiger partial charge in [0.05, 0.1) is 6.61 Å². The Hall–Kier alpha value is -1.92. The van der Waals surface area contributed by atoms with Gasteiger partial charge in [0.25, 0.3) is 0 Å². The lowest BCUT2D eigenvalue weighted by atomic mass is 9.99. The van der Waals surface area contributed by atoms with Crippen LogP contribution < -0.4 is 4.74 Å². The molecule has 0 saturated carbocycles. The predicted molar refractivity (Wildman–Crippen MR) is 98.2 cm³/mol. The van der Waals surface area contributed by atoms with E-state index in [0.717, 1.165) is 12.0 Å². The summed E-state index contributed by atoms with van der Waals surface area (Å²) in [5.74, 6) is 1.06. The molecule has 1 aliphatic rings. The summed E-state index contributed by atoms with van der Waals surface area (Å²) in [5, 5.41) is 29.1. The Morgan fingerprint density at radius 3 is 2.08 bits per heavy atom. The Labute approximate surface area is 153 Å². The van der Waals surface area contributed by atoms with Gasteiger partial charge in [0.15, 0.2) is 0 Å². The zero-order valence-corrected chi connectivity index (χ0v) is 15.1. The second-order valence-corrected chi connectivity index (χ2v) is 7.09. The summed E-state index contributed by atoms with van der Waals surface area (Å²) < 4.78 is 10.8. The van der Waals surface area contributed by atoms with E-state index in [1.165, 1.54) is 11.1 Å². The molecule has 0 spiro atoms. The highest BCUT2D eigenvalue weighted by molar-refractivity contribution is 5.33. The summed E-state index contributed by atoms with van der Waals surface area (Å²) in [6, 6.07) is 16.2. The second kappa shape index (κ2) is 8.18.